The minimum atomic E-state index is -0.306. The quantitative estimate of drug-likeness (QED) is 0.841. The van der Waals surface area contributed by atoms with Gasteiger partial charge in [0.15, 0.2) is 5.65 Å². The van der Waals surface area contributed by atoms with Crippen LogP contribution in [0.4, 0.5) is 5.82 Å². The lowest BCUT2D eigenvalue weighted by Crippen LogP contribution is -2.31. The molecule has 6 heteroatoms. The van der Waals surface area contributed by atoms with Gasteiger partial charge in [-0.1, -0.05) is 20.3 Å². The Bertz CT molecular complexity index is 627. The first-order valence-corrected chi connectivity index (χ1v) is 6.27. The van der Waals surface area contributed by atoms with E-state index in [2.05, 4.69) is 34.5 Å². The van der Waals surface area contributed by atoms with Crippen LogP contribution in [0.15, 0.2) is 16.9 Å². The second kappa shape index (κ2) is 3.83. The number of nitrogens with zero attached hydrogens (tertiary/aromatic N) is 3. The number of rotatable bonds is 2. The normalized spacial score (nSPS) is 22.4. The summed E-state index contributed by atoms with van der Waals surface area (Å²) >= 11 is 0. The summed E-state index contributed by atoms with van der Waals surface area (Å²) in [7, 11) is 0. The molecule has 1 aliphatic rings. The van der Waals surface area contributed by atoms with E-state index in [1.807, 2.05) is 6.07 Å². The van der Waals surface area contributed by atoms with Crippen molar-refractivity contribution >= 4 is 11.5 Å². The number of nitrogens with one attached hydrogen (secondary N) is 2. The van der Waals surface area contributed by atoms with Gasteiger partial charge in [-0.05, 0) is 30.4 Å². The Hall–Kier alpha value is -1.85. The summed E-state index contributed by atoms with van der Waals surface area (Å²) in [6, 6.07) is 4.06. The van der Waals surface area contributed by atoms with Crippen molar-refractivity contribution in [3.05, 3.63) is 22.6 Å². The zero-order chi connectivity index (χ0) is 12.8. The molecule has 1 saturated carbocycles. The Morgan fingerprint density at radius 1 is 1.50 bits per heavy atom. The molecule has 6 nitrogen and oxygen atoms in total. The van der Waals surface area contributed by atoms with Crippen LogP contribution in [0.2, 0.25) is 0 Å². The van der Waals surface area contributed by atoms with Gasteiger partial charge in [0.05, 0.1) is 0 Å². The van der Waals surface area contributed by atoms with Crippen LogP contribution in [0.3, 0.4) is 0 Å². The van der Waals surface area contributed by atoms with Crippen molar-refractivity contribution in [2.24, 2.45) is 5.41 Å². The molecule has 0 bridgehead atoms. The summed E-state index contributed by atoms with van der Waals surface area (Å²) in [6.45, 7) is 4.53. The lowest BCUT2D eigenvalue weighted by Gasteiger charge is -2.28. The van der Waals surface area contributed by atoms with Crippen molar-refractivity contribution < 1.29 is 0 Å². The van der Waals surface area contributed by atoms with Gasteiger partial charge in [-0.15, -0.1) is 5.10 Å². The standard InChI is InChI=1S/C12H17N5O/c1-12(2)7-3-4-8(12)13-9-5-6-10-14-15-11(18)17(10)16-9/h5-6,8H,3-4,7H2,1-2H3,(H,13,16)(H,15,18). The van der Waals surface area contributed by atoms with Crippen molar-refractivity contribution in [3.63, 3.8) is 0 Å². The third-order valence-corrected chi connectivity index (χ3v) is 3.85. The van der Waals surface area contributed by atoms with Gasteiger partial charge in [0.1, 0.15) is 5.82 Å². The Labute approximate surface area is 104 Å². The predicted octanol–water partition coefficient (Wildman–Crippen LogP) is 1.41. The van der Waals surface area contributed by atoms with E-state index in [0.717, 1.165) is 12.2 Å². The maximum atomic E-state index is 11.5. The van der Waals surface area contributed by atoms with Crippen molar-refractivity contribution in [2.75, 3.05) is 5.32 Å². The largest absolute Gasteiger partial charge is 0.365 e. The van der Waals surface area contributed by atoms with E-state index >= 15 is 0 Å². The molecule has 18 heavy (non-hydrogen) atoms. The highest BCUT2D eigenvalue weighted by Crippen LogP contribution is 2.38. The molecular formula is C12H17N5O. The molecule has 1 aliphatic carbocycles. The van der Waals surface area contributed by atoms with Gasteiger partial charge in [0.2, 0.25) is 0 Å². The molecule has 0 aliphatic heterocycles. The third-order valence-electron chi connectivity index (χ3n) is 3.85. The number of fused-ring (bicyclic) bond motifs is 1. The van der Waals surface area contributed by atoms with E-state index in [0.29, 0.717) is 11.7 Å². The van der Waals surface area contributed by atoms with Gasteiger partial charge in [-0.3, -0.25) is 0 Å². The van der Waals surface area contributed by atoms with Crippen LogP contribution < -0.4 is 11.0 Å². The molecule has 2 heterocycles. The van der Waals surface area contributed by atoms with Gasteiger partial charge in [-0.25, -0.2) is 9.89 Å². The maximum absolute atomic E-state index is 11.5. The van der Waals surface area contributed by atoms with Crippen LogP contribution >= 0.6 is 0 Å². The second-order valence-electron chi connectivity index (χ2n) is 5.60. The monoisotopic (exact) mass is 247 g/mol. The van der Waals surface area contributed by atoms with Crippen LogP contribution in [0.25, 0.3) is 5.65 Å². The van der Waals surface area contributed by atoms with E-state index in [-0.39, 0.29) is 11.1 Å². The Morgan fingerprint density at radius 2 is 2.33 bits per heavy atom. The maximum Gasteiger partial charge on any atom is 0.364 e. The average molecular weight is 247 g/mol. The predicted molar refractivity (Wildman–Crippen MR) is 68.7 cm³/mol. The van der Waals surface area contributed by atoms with Crippen molar-refractivity contribution in [2.45, 2.75) is 39.2 Å². The topological polar surface area (TPSA) is 75.1 Å². The van der Waals surface area contributed by atoms with E-state index < -0.39 is 0 Å². The number of aromatic amines is 1. The first-order valence-electron chi connectivity index (χ1n) is 6.27. The van der Waals surface area contributed by atoms with Gasteiger partial charge in [-0.2, -0.15) is 9.61 Å². The van der Waals surface area contributed by atoms with Crippen LogP contribution in [0.5, 0.6) is 0 Å². The van der Waals surface area contributed by atoms with Crippen LogP contribution in [0.1, 0.15) is 33.1 Å². The summed E-state index contributed by atoms with van der Waals surface area (Å²) in [4.78, 5) is 11.5. The summed E-state index contributed by atoms with van der Waals surface area (Å²) in [5.41, 5.74) is 0.508. The molecule has 0 spiro atoms. The number of hydrogen-bond acceptors (Lipinski definition) is 4. The number of H-pyrrole nitrogens is 1. The smallest absolute Gasteiger partial charge is 0.364 e. The van der Waals surface area contributed by atoms with E-state index in [1.165, 1.54) is 17.4 Å². The third kappa shape index (κ3) is 1.77. The zero-order valence-corrected chi connectivity index (χ0v) is 10.6. The summed E-state index contributed by atoms with van der Waals surface area (Å²) < 4.78 is 1.28. The molecule has 96 valence electrons. The zero-order valence-electron chi connectivity index (χ0n) is 10.6. The fourth-order valence-electron chi connectivity index (χ4n) is 2.65. The average Bonchev–Trinajstić information content (AvgIpc) is 2.84. The lowest BCUT2D eigenvalue weighted by molar-refractivity contribution is 0.349. The first kappa shape index (κ1) is 11.3. The van der Waals surface area contributed by atoms with Crippen LogP contribution in [0, 0.1) is 5.41 Å². The fourth-order valence-corrected chi connectivity index (χ4v) is 2.65. The second-order valence-corrected chi connectivity index (χ2v) is 5.60. The minimum absolute atomic E-state index is 0.276. The molecule has 0 amide bonds. The molecular weight excluding hydrogens is 230 g/mol. The Morgan fingerprint density at radius 3 is 3.06 bits per heavy atom. The van der Waals surface area contributed by atoms with Gasteiger partial charge >= 0.3 is 5.69 Å². The first-order chi connectivity index (χ1) is 8.56. The van der Waals surface area contributed by atoms with Crippen molar-refractivity contribution in [3.8, 4) is 0 Å². The van der Waals surface area contributed by atoms with E-state index in [1.54, 1.807) is 6.07 Å². The molecule has 1 fully saturated rings. The Balaban J connectivity index is 1.91. The molecule has 2 aromatic heterocycles. The van der Waals surface area contributed by atoms with Crippen molar-refractivity contribution in [1.29, 1.82) is 0 Å². The molecule has 1 atom stereocenters. The molecule has 2 aromatic rings. The fraction of sp³-hybridized carbons (Fsp3) is 0.583. The Kier molecular flexibility index (Phi) is 2.39. The SMILES string of the molecule is CC1(C)CCCC1Nc1ccc2n[nH]c(=O)n2n1. The number of anilines is 1. The highest BCUT2D eigenvalue weighted by Gasteiger charge is 2.34. The van der Waals surface area contributed by atoms with Gasteiger partial charge in [0, 0.05) is 6.04 Å². The molecule has 3 rings (SSSR count). The van der Waals surface area contributed by atoms with Crippen LogP contribution in [-0.2, 0) is 0 Å². The lowest BCUT2D eigenvalue weighted by atomic mass is 9.87. The summed E-state index contributed by atoms with van der Waals surface area (Å²) in [5, 5.41) is 13.9. The molecule has 0 aromatic carbocycles. The minimum Gasteiger partial charge on any atom is -0.365 e. The van der Waals surface area contributed by atoms with Crippen LogP contribution in [-0.4, -0.2) is 25.9 Å². The number of hydrogen-bond donors (Lipinski definition) is 2. The molecule has 0 radical (unpaired) electrons. The van der Waals surface area contributed by atoms with Gasteiger partial charge < -0.3 is 5.32 Å². The van der Waals surface area contributed by atoms with E-state index in [4.69, 9.17) is 0 Å². The molecule has 0 saturated heterocycles. The highest BCUT2D eigenvalue weighted by atomic mass is 16.2. The molecule has 2 N–H and O–H groups in total. The summed E-state index contributed by atoms with van der Waals surface area (Å²) in [6.07, 6.45) is 3.60. The highest BCUT2D eigenvalue weighted by molar-refractivity contribution is 5.43. The van der Waals surface area contributed by atoms with Gasteiger partial charge in [0.25, 0.3) is 0 Å². The van der Waals surface area contributed by atoms with Crippen molar-refractivity contribution in [1.82, 2.24) is 19.8 Å². The molecule has 1 unspecified atom stereocenters. The number of aromatic nitrogens is 4. The summed E-state index contributed by atoms with van der Waals surface area (Å²) in [5.74, 6) is 0.728. The van der Waals surface area contributed by atoms with E-state index in [9.17, 15) is 4.79 Å².